The molecule has 0 spiro atoms. The van der Waals surface area contributed by atoms with Crippen molar-refractivity contribution in [3.05, 3.63) is 29.1 Å². The van der Waals surface area contributed by atoms with Gasteiger partial charge in [0, 0.05) is 23.7 Å². The maximum Gasteiger partial charge on any atom is 0.347 e. The number of hydrogen-bond donors (Lipinski definition) is 1. The van der Waals surface area contributed by atoms with Gasteiger partial charge in [-0.3, -0.25) is 0 Å². The fourth-order valence-corrected chi connectivity index (χ4v) is 5.21. The van der Waals surface area contributed by atoms with E-state index < -0.39 is 16.0 Å². The van der Waals surface area contributed by atoms with E-state index in [4.69, 9.17) is 0 Å². The Morgan fingerprint density at radius 3 is 2.52 bits per heavy atom. The lowest BCUT2D eigenvalue weighted by Gasteiger charge is -2.19. The monoisotopic (exact) mass is 327 g/mol. The number of rotatable bonds is 5. The summed E-state index contributed by atoms with van der Waals surface area (Å²) in [5.74, 6) is -1.06. The molecule has 0 saturated carbocycles. The first-order chi connectivity index (χ1) is 9.75. The highest BCUT2D eigenvalue weighted by molar-refractivity contribution is 7.89. The van der Waals surface area contributed by atoms with Gasteiger partial charge in [0.1, 0.15) is 9.77 Å². The van der Waals surface area contributed by atoms with E-state index >= 15 is 0 Å². The zero-order valence-electron chi connectivity index (χ0n) is 12.0. The molecule has 0 aliphatic rings. The standard InChI is InChI=1S/C14H17NO4S2/c1-9(2)8-15(3)21(18,19)13-10-6-4-5-7-11(10)20-12(13)14(16)17/h4-7,9H,8H2,1-3H3,(H,16,17). The molecular formula is C14H17NO4S2. The molecule has 2 aromatic rings. The van der Waals surface area contributed by atoms with Crippen molar-refractivity contribution in [1.82, 2.24) is 4.31 Å². The molecule has 1 aromatic carbocycles. The van der Waals surface area contributed by atoms with Crippen molar-refractivity contribution in [2.75, 3.05) is 13.6 Å². The summed E-state index contributed by atoms with van der Waals surface area (Å²) in [4.78, 5) is 11.2. The average molecular weight is 327 g/mol. The van der Waals surface area contributed by atoms with Gasteiger partial charge >= 0.3 is 5.97 Å². The molecule has 2 rings (SSSR count). The van der Waals surface area contributed by atoms with Crippen molar-refractivity contribution in [2.24, 2.45) is 5.92 Å². The predicted molar refractivity (Wildman–Crippen MR) is 83.4 cm³/mol. The zero-order valence-corrected chi connectivity index (χ0v) is 13.7. The maximum atomic E-state index is 12.7. The second-order valence-corrected chi connectivity index (χ2v) is 8.27. The van der Waals surface area contributed by atoms with Crippen molar-refractivity contribution in [2.45, 2.75) is 18.7 Å². The first kappa shape index (κ1) is 15.9. The quantitative estimate of drug-likeness (QED) is 0.916. The Hall–Kier alpha value is -1.44. The van der Waals surface area contributed by atoms with Gasteiger partial charge in [0.05, 0.1) is 0 Å². The van der Waals surface area contributed by atoms with Crippen LogP contribution < -0.4 is 0 Å². The van der Waals surface area contributed by atoms with Gasteiger partial charge in [-0.1, -0.05) is 32.0 Å². The van der Waals surface area contributed by atoms with E-state index in [0.717, 1.165) is 11.3 Å². The van der Waals surface area contributed by atoms with Crippen LogP contribution in [0.2, 0.25) is 0 Å². The largest absolute Gasteiger partial charge is 0.477 e. The van der Waals surface area contributed by atoms with Crippen molar-refractivity contribution in [1.29, 1.82) is 0 Å². The minimum Gasteiger partial charge on any atom is -0.477 e. The van der Waals surface area contributed by atoms with Crippen LogP contribution in [0.4, 0.5) is 0 Å². The normalized spacial score (nSPS) is 12.4. The van der Waals surface area contributed by atoms with Crippen molar-refractivity contribution in [3.8, 4) is 0 Å². The zero-order chi connectivity index (χ0) is 15.8. The molecule has 0 radical (unpaired) electrons. The summed E-state index contributed by atoms with van der Waals surface area (Å²) >= 11 is 0.990. The summed E-state index contributed by atoms with van der Waals surface area (Å²) in [6.07, 6.45) is 0. The first-order valence-corrected chi connectivity index (χ1v) is 8.72. The highest BCUT2D eigenvalue weighted by Crippen LogP contribution is 2.36. The summed E-state index contributed by atoms with van der Waals surface area (Å²) in [5, 5.41) is 9.79. The molecule has 1 aromatic heterocycles. The number of sulfonamides is 1. The average Bonchev–Trinajstić information content (AvgIpc) is 2.77. The highest BCUT2D eigenvalue weighted by Gasteiger charge is 2.31. The molecule has 114 valence electrons. The Balaban J connectivity index is 2.69. The predicted octanol–water partition coefficient (Wildman–Crippen LogP) is 2.88. The van der Waals surface area contributed by atoms with E-state index in [0.29, 0.717) is 16.6 Å². The van der Waals surface area contributed by atoms with E-state index in [9.17, 15) is 18.3 Å². The third-order valence-corrected chi connectivity index (χ3v) is 6.23. The van der Waals surface area contributed by atoms with Crippen LogP contribution in [-0.2, 0) is 10.0 Å². The van der Waals surface area contributed by atoms with E-state index in [1.165, 1.54) is 11.4 Å². The smallest absolute Gasteiger partial charge is 0.347 e. The summed E-state index contributed by atoms with van der Waals surface area (Å²) in [5.41, 5.74) is 0. The number of hydrogen-bond acceptors (Lipinski definition) is 4. The van der Waals surface area contributed by atoms with Crippen LogP contribution in [0.3, 0.4) is 0 Å². The molecule has 0 fully saturated rings. The van der Waals surface area contributed by atoms with Gasteiger partial charge in [-0.2, -0.15) is 0 Å². The summed E-state index contributed by atoms with van der Waals surface area (Å²) in [6, 6.07) is 6.85. The molecular weight excluding hydrogens is 310 g/mol. The van der Waals surface area contributed by atoms with Crippen molar-refractivity contribution in [3.63, 3.8) is 0 Å². The SMILES string of the molecule is CC(C)CN(C)S(=O)(=O)c1c(C(=O)O)sc2ccccc12. The van der Waals surface area contributed by atoms with Crippen molar-refractivity contribution < 1.29 is 18.3 Å². The molecule has 0 saturated heterocycles. The third-order valence-electron chi connectivity index (χ3n) is 3.03. The van der Waals surface area contributed by atoms with Gasteiger partial charge in [-0.15, -0.1) is 11.3 Å². The maximum absolute atomic E-state index is 12.7. The number of carboxylic acid groups (broad SMARTS) is 1. The molecule has 0 atom stereocenters. The van der Waals surface area contributed by atoms with Crippen LogP contribution in [0.25, 0.3) is 10.1 Å². The molecule has 5 nitrogen and oxygen atoms in total. The lowest BCUT2D eigenvalue weighted by Crippen LogP contribution is -2.31. The lowest BCUT2D eigenvalue weighted by atomic mass is 10.2. The number of aromatic carboxylic acids is 1. The number of fused-ring (bicyclic) bond motifs is 1. The summed E-state index contributed by atoms with van der Waals surface area (Å²) in [6.45, 7) is 4.16. The van der Waals surface area contributed by atoms with Gasteiger partial charge in [0.15, 0.2) is 0 Å². The number of thiophene rings is 1. The van der Waals surface area contributed by atoms with Crippen LogP contribution in [0.1, 0.15) is 23.5 Å². The molecule has 0 aliphatic carbocycles. The van der Waals surface area contributed by atoms with E-state index in [-0.39, 0.29) is 15.7 Å². The van der Waals surface area contributed by atoms with Crippen LogP contribution in [0.15, 0.2) is 29.2 Å². The molecule has 0 unspecified atom stereocenters. The Bertz CT molecular complexity index is 777. The molecule has 0 amide bonds. The Morgan fingerprint density at radius 1 is 1.33 bits per heavy atom. The Kier molecular flexibility index (Phi) is 4.36. The highest BCUT2D eigenvalue weighted by atomic mass is 32.2. The van der Waals surface area contributed by atoms with Gasteiger partial charge < -0.3 is 5.11 Å². The van der Waals surface area contributed by atoms with Crippen LogP contribution >= 0.6 is 11.3 Å². The van der Waals surface area contributed by atoms with E-state index in [2.05, 4.69) is 0 Å². The fourth-order valence-electron chi connectivity index (χ4n) is 2.19. The topological polar surface area (TPSA) is 74.7 Å². The minimum atomic E-state index is -3.83. The summed E-state index contributed by atoms with van der Waals surface area (Å²) < 4.78 is 27.4. The summed E-state index contributed by atoms with van der Waals surface area (Å²) in [7, 11) is -2.35. The van der Waals surface area contributed by atoms with E-state index in [1.807, 2.05) is 13.8 Å². The molecule has 1 heterocycles. The molecule has 21 heavy (non-hydrogen) atoms. The minimum absolute atomic E-state index is 0.0984. The van der Waals surface area contributed by atoms with Gasteiger partial charge in [0.25, 0.3) is 0 Å². The van der Waals surface area contributed by atoms with Crippen LogP contribution in [0.5, 0.6) is 0 Å². The lowest BCUT2D eigenvalue weighted by molar-refractivity contribution is 0.0698. The van der Waals surface area contributed by atoms with Crippen LogP contribution in [-0.4, -0.2) is 37.4 Å². The molecule has 0 bridgehead atoms. The van der Waals surface area contributed by atoms with Crippen molar-refractivity contribution >= 4 is 37.4 Å². The Morgan fingerprint density at radius 2 is 1.95 bits per heavy atom. The third kappa shape index (κ3) is 2.95. The Labute approximate surface area is 127 Å². The molecule has 7 heteroatoms. The second kappa shape index (κ2) is 5.75. The van der Waals surface area contributed by atoms with Gasteiger partial charge in [0.2, 0.25) is 10.0 Å². The van der Waals surface area contributed by atoms with Gasteiger partial charge in [-0.05, 0) is 12.0 Å². The number of benzene rings is 1. The molecule has 0 aliphatic heterocycles. The fraction of sp³-hybridized carbons (Fsp3) is 0.357. The first-order valence-electron chi connectivity index (χ1n) is 6.46. The van der Waals surface area contributed by atoms with E-state index in [1.54, 1.807) is 24.3 Å². The second-order valence-electron chi connectivity index (χ2n) is 5.24. The van der Waals surface area contributed by atoms with Gasteiger partial charge in [-0.25, -0.2) is 17.5 Å². The number of nitrogens with zero attached hydrogens (tertiary/aromatic N) is 1. The van der Waals surface area contributed by atoms with Crippen LogP contribution in [0, 0.1) is 5.92 Å². The number of carbonyl (C=O) groups is 1. The number of carboxylic acids is 1. The molecule has 1 N–H and O–H groups in total.